The molecule has 1 atom stereocenters. The van der Waals surface area contributed by atoms with Crippen molar-refractivity contribution in [3.8, 4) is 0 Å². The lowest BCUT2D eigenvalue weighted by atomic mass is 10.1. The summed E-state index contributed by atoms with van der Waals surface area (Å²) in [6, 6.07) is 12.3. The monoisotopic (exact) mass is 401 g/mol. The summed E-state index contributed by atoms with van der Waals surface area (Å²) >= 11 is 8.16. The lowest BCUT2D eigenvalue weighted by Gasteiger charge is -2.09. The predicted molar refractivity (Wildman–Crippen MR) is 89.2 cm³/mol. The van der Waals surface area contributed by atoms with Crippen LogP contribution in [-0.4, -0.2) is 11.0 Å². The van der Waals surface area contributed by atoms with Crippen LogP contribution in [0.1, 0.15) is 28.9 Å². The van der Waals surface area contributed by atoms with Crippen molar-refractivity contribution in [3.05, 3.63) is 62.2 Å². The summed E-state index contributed by atoms with van der Waals surface area (Å²) in [6.45, 7) is 1.69. The number of aliphatic hydroxyl groups is 1. The molecule has 0 bridgehead atoms. The van der Waals surface area contributed by atoms with Gasteiger partial charge in [0.15, 0.2) is 0 Å². The van der Waals surface area contributed by atoms with Crippen molar-refractivity contribution in [2.75, 3.05) is 5.32 Å². The van der Waals surface area contributed by atoms with E-state index in [1.807, 2.05) is 6.07 Å². The number of halogens is 2. The van der Waals surface area contributed by atoms with Crippen molar-refractivity contribution in [2.24, 2.45) is 0 Å². The smallest absolute Gasteiger partial charge is 0.257 e. The first-order valence-corrected chi connectivity index (χ1v) is 7.47. The lowest BCUT2D eigenvalue weighted by molar-refractivity contribution is 0.102. The minimum absolute atomic E-state index is 0.252. The van der Waals surface area contributed by atoms with Gasteiger partial charge in [0.05, 0.1) is 16.7 Å². The molecule has 0 unspecified atom stereocenters. The van der Waals surface area contributed by atoms with Gasteiger partial charge < -0.3 is 10.4 Å². The summed E-state index contributed by atoms with van der Waals surface area (Å²) in [5.74, 6) is -0.252. The zero-order chi connectivity index (χ0) is 14.7. The molecule has 2 rings (SSSR count). The second kappa shape index (κ2) is 6.56. The van der Waals surface area contributed by atoms with Crippen LogP contribution in [0, 0.1) is 3.57 Å². The quantitative estimate of drug-likeness (QED) is 0.756. The highest BCUT2D eigenvalue weighted by atomic mass is 127. The van der Waals surface area contributed by atoms with Crippen LogP contribution in [-0.2, 0) is 0 Å². The van der Waals surface area contributed by atoms with Gasteiger partial charge in [0.2, 0.25) is 0 Å². The average molecular weight is 402 g/mol. The van der Waals surface area contributed by atoms with Crippen molar-refractivity contribution in [3.63, 3.8) is 0 Å². The minimum Gasteiger partial charge on any atom is -0.389 e. The molecular formula is C15H13ClINO2. The first-order valence-electron chi connectivity index (χ1n) is 6.02. The number of anilines is 1. The van der Waals surface area contributed by atoms with E-state index in [9.17, 15) is 9.90 Å². The number of hydrogen-bond donors (Lipinski definition) is 2. The number of rotatable bonds is 3. The van der Waals surface area contributed by atoms with Crippen LogP contribution in [0.3, 0.4) is 0 Å². The molecule has 2 aromatic rings. The van der Waals surface area contributed by atoms with Gasteiger partial charge in [-0.3, -0.25) is 4.79 Å². The zero-order valence-electron chi connectivity index (χ0n) is 10.7. The van der Waals surface area contributed by atoms with E-state index in [-0.39, 0.29) is 5.91 Å². The summed E-state index contributed by atoms with van der Waals surface area (Å²) in [5, 5.41) is 12.6. The van der Waals surface area contributed by atoms with E-state index in [1.165, 1.54) is 0 Å². The van der Waals surface area contributed by atoms with Crippen LogP contribution in [0.2, 0.25) is 5.02 Å². The van der Waals surface area contributed by atoms with E-state index in [0.29, 0.717) is 16.3 Å². The van der Waals surface area contributed by atoms with Crippen molar-refractivity contribution < 1.29 is 9.90 Å². The SMILES string of the molecule is C[C@@H](O)c1ccc(NC(=O)c2cc(I)ccc2Cl)cc1. The van der Waals surface area contributed by atoms with Gasteiger partial charge in [-0.25, -0.2) is 0 Å². The molecule has 1 amide bonds. The molecule has 3 nitrogen and oxygen atoms in total. The highest BCUT2D eigenvalue weighted by molar-refractivity contribution is 14.1. The van der Waals surface area contributed by atoms with Gasteiger partial charge in [0, 0.05) is 9.26 Å². The van der Waals surface area contributed by atoms with Gasteiger partial charge in [-0.05, 0) is 65.4 Å². The lowest BCUT2D eigenvalue weighted by Crippen LogP contribution is -2.12. The third-order valence-corrected chi connectivity index (χ3v) is 3.82. The van der Waals surface area contributed by atoms with E-state index in [4.69, 9.17) is 11.6 Å². The van der Waals surface area contributed by atoms with Crippen molar-refractivity contribution in [1.82, 2.24) is 0 Å². The highest BCUT2D eigenvalue weighted by Gasteiger charge is 2.11. The Kier molecular flexibility index (Phi) is 5.01. The minimum atomic E-state index is -0.523. The van der Waals surface area contributed by atoms with E-state index in [2.05, 4.69) is 27.9 Å². The number of hydrogen-bond acceptors (Lipinski definition) is 2. The van der Waals surface area contributed by atoms with Gasteiger partial charge in [-0.2, -0.15) is 0 Å². The third-order valence-electron chi connectivity index (χ3n) is 2.82. The van der Waals surface area contributed by atoms with Gasteiger partial charge in [-0.1, -0.05) is 23.7 Å². The summed E-state index contributed by atoms with van der Waals surface area (Å²) < 4.78 is 0.946. The zero-order valence-corrected chi connectivity index (χ0v) is 13.6. The van der Waals surface area contributed by atoms with Gasteiger partial charge in [-0.15, -0.1) is 0 Å². The molecule has 0 aliphatic heterocycles. The second-order valence-corrected chi connectivity index (χ2v) is 6.03. The number of carbonyl (C=O) groups is 1. The summed E-state index contributed by atoms with van der Waals surface area (Å²) in [7, 11) is 0. The van der Waals surface area contributed by atoms with Crippen molar-refractivity contribution in [2.45, 2.75) is 13.0 Å². The molecule has 0 heterocycles. The van der Waals surface area contributed by atoms with Crippen LogP contribution < -0.4 is 5.32 Å². The highest BCUT2D eigenvalue weighted by Crippen LogP contribution is 2.21. The predicted octanol–water partition coefficient (Wildman–Crippen LogP) is 4.25. The van der Waals surface area contributed by atoms with Crippen LogP contribution in [0.4, 0.5) is 5.69 Å². The number of amides is 1. The Balaban J connectivity index is 2.17. The third kappa shape index (κ3) is 3.71. The Morgan fingerprint density at radius 2 is 1.90 bits per heavy atom. The Morgan fingerprint density at radius 1 is 1.25 bits per heavy atom. The molecule has 0 spiro atoms. The van der Waals surface area contributed by atoms with Crippen LogP contribution in [0.5, 0.6) is 0 Å². The van der Waals surface area contributed by atoms with Crippen LogP contribution in [0.25, 0.3) is 0 Å². The molecule has 0 saturated heterocycles. The number of aliphatic hydroxyl groups excluding tert-OH is 1. The summed E-state index contributed by atoms with van der Waals surface area (Å²) in [4.78, 5) is 12.2. The van der Waals surface area contributed by atoms with E-state index >= 15 is 0 Å². The standard InChI is InChI=1S/C15H13ClINO2/c1-9(19)10-2-5-12(6-3-10)18-15(20)13-8-11(17)4-7-14(13)16/h2-9,19H,1H3,(H,18,20)/t9-/m1/s1. The first kappa shape index (κ1) is 15.3. The van der Waals surface area contributed by atoms with E-state index < -0.39 is 6.10 Å². The Hall–Kier alpha value is -1.11. The maximum atomic E-state index is 12.2. The normalized spacial score (nSPS) is 12.0. The van der Waals surface area contributed by atoms with E-state index in [1.54, 1.807) is 43.3 Å². The number of carbonyl (C=O) groups excluding carboxylic acids is 1. The maximum Gasteiger partial charge on any atom is 0.257 e. The van der Waals surface area contributed by atoms with Crippen molar-refractivity contribution >= 4 is 45.8 Å². The molecular weight excluding hydrogens is 389 g/mol. The van der Waals surface area contributed by atoms with Crippen LogP contribution >= 0.6 is 34.2 Å². The second-order valence-electron chi connectivity index (χ2n) is 4.38. The summed E-state index contributed by atoms with van der Waals surface area (Å²) in [5.41, 5.74) is 1.91. The fraction of sp³-hybridized carbons (Fsp3) is 0.133. The molecule has 5 heteroatoms. The largest absolute Gasteiger partial charge is 0.389 e. The van der Waals surface area contributed by atoms with Crippen molar-refractivity contribution in [1.29, 1.82) is 0 Å². The summed E-state index contributed by atoms with van der Waals surface area (Å²) in [6.07, 6.45) is -0.523. The topological polar surface area (TPSA) is 49.3 Å². The molecule has 0 aliphatic rings. The Labute approximate surface area is 136 Å². The van der Waals surface area contributed by atoms with Gasteiger partial charge in [0.25, 0.3) is 5.91 Å². The molecule has 0 fully saturated rings. The van der Waals surface area contributed by atoms with Gasteiger partial charge >= 0.3 is 0 Å². The van der Waals surface area contributed by atoms with Crippen LogP contribution in [0.15, 0.2) is 42.5 Å². The molecule has 20 heavy (non-hydrogen) atoms. The molecule has 0 aliphatic carbocycles. The number of benzene rings is 2. The molecule has 2 aromatic carbocycles. The molecule has 0 aromatic heterocycles. The number of nitrogens with one attached hydrogen (secondary N) is 1. The Morgan fingerprint density at radius 3 is 2.50 bits per heavy atom. The molecule has 0 radical (unpaired) electrons. The fourth-order valence-electron chi connectivity index (χ4n) is 1.71. The first-order chi connectivity index (χ1) is 9.47. The molecule has 2 N–H and O–H groups in total. The van der Waals surface area contributed by atoms with E-state index in [0.717, 1.165) is 9.13 Å². The average Bonchev–Trinajstić information content (AvgIpc) is 2.42. The molecule has 0 saturated carbocycles. The van der Waals surface area contributed by atoms with Gasteiger partial charge in [0.1, 0.15) is 0 Å². The Bertz CT molecular complexity index is 626. The fourth-order valence-corrected chi connectivity index (χ4v) is 2.41. The maximum absolute atomic E-state index is 12.2. The molecule has 104 valence electrons.